The van der Waals surface area contributed by atoms with Gasteiger partial charge in [0.2, 0.25) is 0 Å². The fourth-order valence-corrected chi connectivity index (χ4v) is 8.50. The van der Waals surface area contributed by atoms with Crippen molar-refractivity contribution < 1.29 is 0 Å². The van der Waals surface area contributed by atoms with Gasteiger partial charge in [0, 0.05) is 0 Å². The molecule has 0 amide bonds. The highest BCUT2D eigenvalue weighted by molar-refractivity contribution is 5.03. The van der Waals surface area contributed by atoms with Crippen LogP contribution in [-0.2, 0) is 0 Å². The lowest BCUT2D eigenvalue weighted by molar-refractivity contribution is 0.171. The molecule has 0 aromatic rings. The Labute approximate surface area is 178 Å². The predicted molar refractivity (Wildman–Crippen MR) is 125 cm³/mol. The molecule has 6 fully saturated rings. The number of rotatable bonds is 0. The summed E-state index contributed by atoms with van der Waals surface area (Å²) < 4.78 is 0. The molecule has 6 saturated carbocycles. The summed E-state index contributed by atoms with van der Waals surface area (Å²) in [6.07, 6.45) is 27.8. The van der Waals surface area contributed by atoms with Crippen LogP contribution < -0.4 is 0 Å². The van der Waals surface area contributed by atoms with Crippen molar-refractivity contribution in [2.24, 2.45) is 34.5 Å². The molecule has 0 aromatic carbocycles. The van der Waals surface area contributed by atoms with Gasteiger partial charge in [0.15, 0.2) is 0 Å². The van der Waals surface area contributed by atoms with E-state index >= 15 is 0 Å². The summed E-state index contributed by atoms with van der Waals surface area (Å²) in [4.78, 5) is 0. The molecule has 6 aliphatic rings. The lowest BCUT2D eigenvalue weighted by Gasteiger charge is -2.33. The van der Waals surface area contributed by atoms with Gasteiger partial charge in [-0.3, -0.25) is 0 Å². The maximum atomic E-state index is 2.12. The van der Waals surface area contributed by atoms with E-state index in [1.165, 1.54) is 24.7 Å². The van der Waals surface area contributed by atoms with E-state index in [-0.39, 0.29) is 0 Å². The van der Waals surface area contributed by atoms with Gasteiger partial charge in [-0.1, -0.05) is 79.1 Å². The molecule has 0 saturated heterocycles. The average molecular weight is 389 g/mol. The fraction of sp³-hybridized carbons (Fsp3) is 1.00. The molecule has 0 radical (unpaired) electrons. The third-order valence-corrected chi connectivity index (χ3v) is 9.40. The summed E-state index contributed by atoms with van der Waals surface area (Å²) in [5.41, 5.74) is 1.81. The number of hydrogen-bond donors (Lipinski definition) is 0. The Balaban J connectivity index is 0.000000127. The minimum atomic E-state index is 0.906. The van der Waals surface area contributed by atoms with E-state index in [1.807, 2.05) is 0 Å². The minimum Gasteiger partial charge on any atom is -0.0656 e. The molecule has 0 aromatic heterocycles. The molecule has 4 atom stereocenters. The summed E-state index contributed by atoms with van der Waals surface area (Å²) in [6, 6.07) is 0. The van der Waals surface area contributed by atoms with E-state index in [1.54, 1.807) is 103 Å². The van der Waals surface area contributed by atoms with Crippen molar-refractivity contribution in [3.8, 4) is 0 Å². The van der Waals surface area contributed by atoms with E-state index in [0.29, 0.717) is 0 Å². The SMILES string of the molecule is C1CCC2(C1)CC1CCC2C1.C1CCC2(C1)CC1CCC2C1.CCC.CCC. The van der Waals surface area contributed by atoms with Crippen molar-refractivity contribution in [1.82, 2.24) is 0 Å². The molecule has 6 rings (SSSR count). The van der Waals surface area contributed by atoms with E-state index < -0.39 is 0 Å². The Bertz CT molecular complexity index is 395. The first kappa shape index (κ1) is 22.7. The first-order valence-electron chi connectivity index (χ1n) is 13.6. The largest absolute Gasteiger partial charge is 0.0656 e. The van der Waals surface area contributed by atoms with Crippen LogP contribution in [0.15, 0.2) is 0 Å². The molecular formula is C28H52. The minimum absolute atomic E-state index is 0.906. The Morgan fingerprint density at radius 1 is 0.536 bits per heavy atom. The highest BCUT2D eigenvalue weighted by atomic mass is 14.6. The number of hydrogen-bond acceptors (Lipinski definition) is 0. The Morgan fingerprint density at radius 3 is 1.07 bits per heavy atom. The molecule has 0 heteroatoms. The van der Waals surface area contributed by atoms with Crippen molar-refractivity contribution in [3.05, 3.63) is 0 Å². The fourth-order valence-electron chi connectivity index (χ4n) is 8.50. The first-order chi connectivity index (χ1) is 13.6. The highest BCUT2D eigenvalue weighted by Crippen LogP contribution is 2.63. The van der Waals surface area contributed by atoms with E-state index in [0.717, 1.165) is 22.7 Å². The average Bonchev–Trinajstić information content (AvgIpc) is 3.50. The van der Waals surface area contributed by atoms with Crippen LogP contribution in [-0.4, -0.2) is 0 Å². The zero-order valence-electron chi connectivity index (χ0n) is 20.0. The van der Waals surface area contributed by atoms with Gasteiger partial charge in [-0.25, -0.2) is 0 Å². The van der Waals surface area contributed by atoms with E-state index in [4.69, 9.17) is 0 Å². The van der Waals surface area contributed by atoms with Gasteiger partial charge >= 0.3 is 0 Å². The molecule has 0 N–H and O–H groups in total. The molecule has 4 unspecified atom stereocenters. The molecule has 0 aliphatic heterocycles. The first-order valence-corrected chi connectivity index (χ1v) is 13.6. The lowest BCUT2D eigenvalue weighted by Crippen LogP contribution is -2.23. The van der Waals surface area contributed by atoms with E-state index in [2.05, 4.69) is 27.7 Å². The predicted octanol–water partition coefficient (Wildman–Crippen LogP) is 9.57. The monoisotopic (exact) mass is 388 g/mol. The van der Waals surface area contributed by atoms with Crippen LogP contribution in [0.3, 0.4) is 0 Å². The van der Waals surface area contributed by atoms with Crippen molar-refractivity contribution in [2.45, 2.75) is 143 Å². The molecule has 28 heavy (non-hydrogen) atoms. The quantitative estimate of drug-likeness (QED) is 0.387. The maximum absolute atomic E-state index is 2.12. The summed E-state index contributed by atoms with van der Waals surface area (Å²) in [5, 5.41) is 0. The molecule has 0 nitrogen and oxygen atoms in total. The van der Waals surface area contributed by atoms with Crippen molar-refractivity contribution in [1.29, 1.82) is 0 Å². The second-order valence-electron chi connectivity index (χ2n) is 11.7. The van der Waals surface area contributed by atoms with Gasteiger partial charge in [-0.15, -0.1) is 0 Å². The summed E-state index contributed by atoms with van der Waals surface area (Å²) in [7, 11) is 0. The second-order valence-corrected chi connectivity index (χ2v) is 11.7. The molecular weight excluding hydrogens is 336 g/mol. The van der Waals surface area contributed by atoms with Crippen LogP contribution in [0.2, 0.25) is 0 Å². The van der Waals surface area contributed by atoms with Crippen LogP contribution in [0.25, 0.3) is 0 Å². The number of fused-ring (bicyclic) bond motifs is 6. The van der Waals surface area contributed by atoms with Gasteiger partial charge < -0.3 is 0 Å². The molecule has 164 valence electrons. The van der Waals surface area contributed by atoms with Crippen molar-refractivity contribution >= 4 is 0 Å². The molecule has 0 heterocycles. The van der Waals surface area contributed by atoms with Crippen LogP contribution >= 0.6 is 0 Å². The van der Waals surface area contributed by atoms with Crippen LogP contribution in [0.5, 0.6) is 0 Å². The third-order valence-electron chi connectivity index (χ3n) is 9.40. The lowest BCUT2D eigenvalue weighted by atomic mass is 9.72. The standard InChI is InChI=1S/2C11H18.2C3H8/c2*1-2-6-11(5-1)8-9-3-4-10(11)7-9;2*1-3-2/h2*9-10H,1-8H2;2*3H2,1-2H3. The molecule has 4 bridgehead atoms. The smallest absolute Gasteiger partial charge is 0.0266 e. The van der Waals surface area contributed by atoms with Crippen LogP contribution in [0, 0.1) is 34.5 Å². The highest BCUT2D eigenvalue weighted by Gasteiger charge is 2.52. The van der Waals surface area contributed by atoms with Gasteiger partial charge in [0.25, 0.3) is 0 Å². The normalized spacial score (nSPS) is 37.3. The van der Waals surface area contributed by atoms with Crippen LogP contribution in [0.4, 0.5) is 0 Å². The molecule has 6 aliphatic carbocycles. The Kier molecular flexibility index (Phi) is 8.38. The maximum Gasteiger partial charge on any atom is -0.0266 e. The van der Waals surface area contributed by atoms with Crippen molar-refractivity contribution in [3.63, 3.8) is 0 Å². The van der Waals surface area contributed by atoms with Gasteiger partial charge in [0.05, 0.1) is 0 Å². The van der Waals surface area contributed by atoms with Crippen molar-refractivity contribution in [2.75, 3.05) is 0 Å². The molecule has 2 spiro atoms. The van der Waals surface area contributed by atoms with Crippen LogP contribution in [0.1, 0.15) is 143 Å². The summed E-state index contributed by atoms with van der Waals surface area (Å²) in [6.45, 7) is 8.50. The topological polar surface area (TPSA) is 0 Å². The zero-order valence-corrected chi connectivity index (χ0v) is 20.0. The summed E-state index contributed by atoms with van der Waals surface area (Å²) >= 11 is 0. The van der Waals surface area contributed by atoms with Gasteiger partial charge in [-0.2, -0.15) is 0 Å². The Morgan fingerprint density at radius 2 is 0.857 bits per heavy atom. The second kappa shape index (κ2) is 10.3. The Hall–Kier alpha value is 0. The van der Waals surface area contributed by atoms with Gasteiger partial charge in [-0.05, 0) is 98.7 Å². The summed E-state index contributed by atoms with van der Waals surface area (Å²) in [5.74, 6) is 4.68. The zero-order chi connectivity index (χ0) is 20.0. The third kappa shape index (κ3) is 4.83. The van der Waals surface area contributed by atoms with Gasteiger partial charge in [0.1, 0.15) is 0 Å². The van der Waals surface area contributed by atoms with E-state index in [9.17, 15) is 0 Å².